The van der Waals surface area contributed by atoms with Gasteiger partial charge < -0.3 is 9.84 Å². The molecule has 4 amide bonds. The molecule has 10 heteroatoms. The van der Waals surface area contributed by atoms with E-state index >= 15 is 4.79 Å². The third-order valence-electron chi connectivity index (χ3n) is 11.5. The van der Waals surface area contributed by atoms with E-state index in [-0.39, 0.29) is 36.0 Å². The molecule has 0 radical (unpaired) electrons. The number of phenolic OH excluding ortho intramolecular Hbond substituents is 1. The molecule has 0 bridgehead atoms. The van der Waals surface area contributed by atoms with Crippen LogP contribution in [0.25, 0.3) is 0 Å². The molecule has 2 N–H and O–H groups in total. The van der Waals surface area contributed by atoms with Crippen molar-refractivity contribution in [3.8, 4) is 11.5 Å². The Labute approximate surface area is 300 Å². The van der Waals surface area contributed by atoms with Crippen molar-refractivity contribution in [2.45, 2.75) is 38.0 Å². The van der Waals surface area contributed by atoms with Crippen LogP contribution in [0.1, 0.15) is 52.7 Å². The Morgan fingerprint density at radius 1 is 0.846 bits per heavy atom. The Bertz CT molecular complexity index is 2180. The number of rotatable bonds is 7. The molecular formula is C42H37N3O7. The zero-order valence-corrected chi connectivity index (χ0v) is 28.9. The second kappa shape index (κ2) is 12.3. The number of methoxy groups -OCH3 is 1. The van der Waals surface area contributed by atoms with E-state index in [9.17, 15) is 24.3 Å². The van der Waals surface area contributed by atoms with Crippen molar-refractivity contribution in [2.24, 2.45) is 23.7 Å². The summed E-state index contributed by atoms with van der Waals surface area (Å²) in [4.78, 5) is 71.8. The number of para-hydroxylation sites is 1. The summed E-state index contributed by atoms with van der Waals surface area (Å²) in [6.07, 6.45) is 2.29. The fraction of sp³-hybridized carbons (Fsp3) is 0.262. The van der Waals surface area contributed by atoms with E-state index < -0.39 is 52.7 Å². The van der Waals surface area contributed by atoms with Gasteiger partial charge in [-0.15, -0.1) is 0 Å². The predicted molar refractivity (Wildman–Crippen MR) is 192 cm³/mol. The number of Topliss-reactive ketones (excluding diaryl/α,β-unsaturated/α-hetero) is 1. The lowest BCUT2D eigenvalue weighted by Gasteiger charge is -2.50. The Kier molecular flexibility index (Phi) is 7.86. The number of amides is 4. The quantitative estimate of drug-likeness (QED) is 0.135. The molecule has 1 saturated carbocycles. The number of allylic oxidation sites excluding steroid dienone is 2. The molecule has 2 saturated heterocycles. The largest absolute Gasteiger partial charge is 0.504 e. The van der Waals surface area contributed by atoms with Crippen molar-refractivity contribution in [1.82, 2.24) is 5.01 Å². The van der Waals surface area contributed by atoms with E-state index in [1.165, 1.54) is 18.9 Å². The number of carbonyl (C=O) groups excluding carboxylic acids is 5. The van der Waals surface area contributed by atoms with Gasteiger partial charge in [0.05, 0.1) is 41.7 Å². The summed E-state index contributed by atoms with van der Waals surface area (Å²) in [7, 11) is 1.45. The number of imide groups is 2. The molecule has 2 heterocycles. The molecule has 4 aliphatic rings. The fourth-order valence-electron chi connectivity index (χ4n) is 9.13. The van der Waals surface area contributed by atoms with Gasteiger partial charge >= 0.3 is 0 Å². The van der Waals surface area contributed by atoms with Crippen molar-refractivity contribution in [2.75, 3.05) is 17.4 Å². The minimum atomic E-state index is -1.52. The zero-order valence-electron chi connectivity index (χ0n) is 28.9. The highest BCUT2D eigenvalue weighted by molar-refractivity contribution is 6.22. The van der Waals surface area contributed by atoms with Crippen LogP contribution in [0.2, 0.25) is 0 Å². The van der Waals surface area contributed by atoms with Crippen LogP contribution in [0.4, 0.5) is 11.4 Å². The molecule has 3 fully saturated rings. The van der Waals surface area contributed by atoms with E-state index in [2.05, 4.69) is 5.43 Å². The number of hydrogen-bond donors (Lipinski definition) is 2. The third kappa shape index (κ3) is 4.73. The molecule has 6 atom stereocenters. The van der Waals surface area contributed by atoms with E-state index in [0.717, 1.165) is 16.1 Å². The van der Waals surface area contributed by atoms with Gasteiger partial charge in [0.25, 0.3) is 11.8 Å². The molecule has 0 aromatic heterocycles. The zero-order chi connectivity index (χ0) is 36.5. The highest BCUT2D eigenvalue weighted by Gasteiger charge is 2.70. The average molecular weight is 696 g/mol. The second-order valence-electron chi connectivity index (χ2n) is 14.1. The highest BCUT2D eigenvalue weighted by atomic mass is 16.5. The van der Waals surface area contributed by atoms with Crippen LogP contribution >= 0.6 is 0 Å². The molecule has 2 aliphatic carbocycles. The molecule has 4 aromatic rings. The van der Waals surface area contributed by atoms with Crippen molar-refractivity contribution in [3.63, 3.8) is 0 Å². The number of benzene rings is 4. The Balaban J connectivity index is 1.31. The van der Waals surface area contributed by atoms with Crippen molar-refractivity contribution in [3.05, 3.63) is 131 Å². The van der Waals surface area contributed by atoms with Gasteiger partial charge in [0, 0.05) is 17.0 Å². The maximum Gasteiger partial charge on any atom is 0.260 e. The summed E-state index contributed by atoms with van der Waals surface area (Å²) in [5.74, 6) is -5.77. The maximum absolute atomic E-state index is 15.3. The summed E-state index contributed by atoms with van der Waals surface area (Å²) in [5, 5.41) is 12.9. The Morgan fingerprint density at radius 2 is 1.56 bits per heavy atom. The van der Waals surface area contributed by atoms with E-state index in [4.69, 9.17) is 4.74 Å². The van der Waals surface area contributed by atoms with Crippen LogP contribution in [-0.4, -0.2) is 46.6 Å². The SMILES string of the molecule is COc1cccc([C@H]2C3=CC[C@@H]4C(=O)N(c5ccc(C(C)=O)cc5)C(=O)[C@@H]4[C@@H]3C[C@H]3C(=O)N(Nc4ccc(C)cc4)C(=O)[C@@]23c2ccccc2)c1O. The fourth-order valence-corrected chi connectivity index (χ4v) is 9.13. The van der Waals surface area contributed by atoms with Crippen LogP contribution in [0, 0.1) is 30.6 Å². The number of nitrogens with zero attached hydrogens (tertiary/aromatic N) is 2. The number of aryl methyl sites for hydroxylation is 1. The van der Waals surface area contributed by atoms with Gasteiger partial charge in [0.1, 0.15) is 0 Å². The van der Waals surface area contributed by atoms with Gasteiger partial charge in [-0.3, -0.25) is 34.3 Å². The first-order chi connectivity index (χ1) is 25.1. The summed E-state index contributed by atoms with van der Waals surface area (Å²) < 4.78 is 5.54. The molecule has 0 spiro atoms. The summed E-state index contributed by atoms with van der Waals surface area (Å²) in [5.41, 5.74) is 5.66. The molecule has 10 nitrogen and oxygen atoms in total. The minimum Gasteiger partial charge on any atom is -0.504 e. The average Bonchev–Trinajstić information content (AvgIpc) is 3.53. The number of phenols is 1. The molecule has 2 aliphatic heterocycles. The summed E-state index contributed by atoms with van der Waals surface area (Å²) in [6.45, 7) is 3.39. The molecule has 4 aromatic carbocycles. The number of fused-ring (bicyclic) bond motifs is 4. The van der Waals surface area contributed by atoms with Gasteiger partial charge in [0.2, 0.25) is 11.8 Å². The predicted octanol–water partition coefficient (Wildman–Crippen LogP) is 6.10. The smallest absolute Gasteiger partial charge is 0.260 e. The van der Waals surface area contributed by atoms with Crippen molar-refractivity contribution >= 4 is 40.8 Å². The number of hydrazine groups is 1. The number of carbonyl (C=O) groups is 5. The standard InChI is InChI=1S/C42H37N3O7/c1-23-12-16-27(17-13-23)43-45-39(49)33-22-32-29(20-21-30-35(32)40(50)44(38(30)48)28-18-14-25(15-19-28)24(2)46)36(31-10-7-11-34(52-3)37(31)47)42(33,41(45)51)26-8-5-4-6-9-26/h4-20,30,32-33,35-36,43,47H,21-22H2,1-3H3/t30-,32+,33-,35-,36+,42+/m0/s1. The first-order valence-electron chi connectivity index (χ1n) is 17.4. The van der Waals surface area contributed by atoms with Crippen LogP contribution in [-0.2, 0) is 24.6 Å². The highest BCUT2D eigenvalue weighted by Crippen LogP contribution is 2.65. The first kappa shape index (κ1) is 33.1. The topological polar surface area (TPSA) is 133 Å². The number of ether oxygens (including phenoxy) is 1. The first-order valence-corrected chi connectivity index (χ1v) is 17.4. The van der Waals surface area contributed by atoms with Gasteiger partial charge in [-0.05, 0) is 80.6 Å². The molecule has 8 rings (SSSR count). The van der Waals surface area contributed by atoms with Gasteiger partial charge in [-0.2, -0.15) is 5.01 Å². The molecular weight excluding hydrogens is 658 g/mol. The number of ketones is 1. The summed E-state index contributed by atoms with van der Waals surface area (Å²) >= 11 is 0. The van der Waals surface area contributed by atoms with E-state index in [1.807, 2.05) is 55.5 Å². The van der Waals surface area contributed by atoms with Crippen LogP contribution in [0.15, 0.2) is 109 Å². The maximum atomic E-state index is 15.3. The Morgan fingerprint density at radius 3 is 2.23 bits per heavy atom. The van der Waals surface area contributed by atoms with Crippen molar-refractivity contribution < 1.29 is 33.8 Å². The third-order valence-corrected chi connectivity index (χ3v) is 11.5. The van der Waals surface area contributed by atoms with Crippen LogP contribution < -0.4 is 15.1 Å². The van der Waals surface area contributed by atoms with Crippen LogP contribution in [0.3, 0.4) is 0 Å². The summed E-state index contributed by atoms with van der Waals surface area (Å²) in [6, 6.07) is 28.0. The lowest BCUT2D eigenvalue weighted by atomic mass is 9.49. The number of nitrogens with one attached hydrogen (secondary N) is 1. The molecule has 262 valence electrons. The molecule has 0 unspecified atom stereocenters. The number of aromatic hydroxyl groups is 1. The van der Waals surface area contributed by atoms with Crippen molar-refractivity contribution in [1.29, 1.82) is 0 Å². The number of anilines is 2. The lowest BCUT2D eigenvalue weighted by molar-refractivity contribution is -0.138. The monoisotopic (exact) mass is 695 g/mol. The van der Waals surface area contributed by atoms with Gasteiger partial charge in [-0.25, -0.2) is 0 Å². The normalized spacial score (nSPS) is 26.4. The minimum absolute atomic E-state index is 0.121. The van der Waals surface area contributed by atoms with Gasteiger partial charge in [-0.1, -0.05) is 71.8 Å². The van der Waals surface area contributed by atoms with Gasteiger partial charge in [0.15, 0.2) is 17.3 Å². The van der Waals surface area contributed by atoms with E-state index in [1.54, 1.807) is 54.6 Å². The molecule has 52 heavy (non-hydrogen) atoms. The van der Waals surface area contributed by atoms with E-state index in [0.29, 0.717) is 28.1 Å². The second-order valence-corrected chi connectivity index (χ2v) is 14.1. The Hall–Kier alpha value is -6.03. The number of hydrogen-bond acceptors (Lipinski definition) is 8. The lowest BCUT2D eigenvalue weighted by Crippen LogP contribution is -2.53. The van der Waals surface area contributed by atoms with Crippen LogP contribution in [0.5, 0.6) is 11.5 Å².